The molecule has 2 aromatic rings. The minimum atomic E-state index is -3.06. The summed E-state index contributed by atoms with van der Waals surface area (Å²) in [6, 6.07) is 5.83. The topological polar surface area (TPSA) is 53.2 Å². The Balaban J connectivity index is 1.85. The minimum Gasteiger partial charge on any atom is -0.361 e. The van der Waals surface area contributed by atoms with E-state index in [-0.39, 0.29) is 0 Å². The van der Waals surface area contributed by atoms with Crippen molar-refractivity contribution in [3.63, 3.8) is 0 Å². The number of hydrogen-bond donors (Lipinski definition) is 1. The second kappa shape index (κ2) is 5.06. The third-order valence-electron chi connectivity index (χ3n) is 4.04. The zero-order valence-corrected chi connectivity index (χ0v) is 12.8. The number of fused-ring (bicyclic) bond motifs is 1. The van der Waals surface area contributed by atoms with Crippen LogP contribution in [0.15, 0.2) is 24.4 Å². The van der Waals surface area contributed by atoms with Crippen molar-refractivity contribution in [2.24, 2.45) is 0 Å². The number of hydrogen-bond acceptors (Lipinski definition) is 2. The Kier molecular flexibility index (Phi) is 3.52. The number of halogens is 1. The van der Waals surface area contributed by atoms with Crippen molar-refractivity contribution < 1.29 is 8.42 Å². The maximum Gasteiger partial charge on any atom is 0.211 e. The van der Waals surface area contributed by atoms with E-state index >= 15 is 0 Å². The maximum atomic E-state index is 11.5. The van der Waals surface area contributed by atoms with Crippen molar-refractivity contribution in [1.82, 2.24) is 9.29 Å². The van der Waals surface area contributed by atoms with E-state index in [9.17, 15) is 8.42 Å². The van der Waals surface area contributed by atoms with Gasteiger partial charge in [-0.1, -0.05) is 11.6 Å². The summed E-state index contributed by atoms with van der Waals surface area (Å²) in [4.78, 5) is 3.26. The van der Waals surface area contributed by atoms with Crippen LogP contribution in [0.3, 0.4) is 0 Å². The van der Waals surface area contributed by atoms with Gasteiger partial charge in [0.2, 0.25) is 10.0 Å². The first-order valence-electron chi connectivity index (χ1n) is 6.67. The second-order valence-corrected chi connectivity index (χ2v) is 7.79. The predicted molar refractivity (Wildman–Crippen MR) is 81.7 cm³/mol. The van der Waals surface area contributed by atoms with Gasteiger partial charge in [-0.3, -0.25) is 0 Å². The van der Waals surface area contributed by atoms with Crippen LogP contribution in [0.4, 0.5) is 0 Å². The number of H-pyrrole nitrogens is 1. The number of aromatic amines is 1. The third-order valence-corrected chi connectivity index (χ3v) is 5.58. The average Bonchev–Trinajstić information content (AvgIpc) is 2.81. The molecule has 0 radical (unpaired) electrons. The summed E-state index contributed by atoms with van der Waals surface area (Å²) >= 11 is 6.07. The van der Waals surface area contributed by atoms with Crippen molar-refractivity contribution in [1.29, 1.82) is 0 Å². The van der Waals surface area contributed by atoms with Crippen molar-refractivity contribution in [2.45, 2.75) is 18.8 Å². The molecule has 1 aromatic carbocycles. The highest BCUT2D eigenvalue weighted by Crippen LogP contribution is 2.34. The van der Waals surface area contributed by atoms with Crippen molar-refractivity contribution in [3.05, 3.63) is 35.0 Å². The standard InChI is InChI=1S/C14H17ClN2O2S/c1-20(18,19)17-6-4-10(5-7-17)13-9-16-14-3-2-11(15)8-12(13)14/h2-3,8-10,16H,4-7H2,1H3. The molecule has 0 saturated carbocycles. The number of aromatic nitrogens is 1. The number of benzene rings is 1. The van der Waals surface area contributed by atoms with E-state index in [1.54, 1.807) is 4.31 Å². The van der Waals surface area contributed by atoms with Crippen molar-refractivity contribution in [2.75, 3.05) is 19.3 Å². The smallest absolute Gasteiger partial charge is 0.211 e. The first-order valence-corrected chi connectivity index (χ1v) is 8.89. The lowest BCUT2D eigenvalue weighted by molar-refractivity contribution is 0.322. The largest absolute Gasteiger partial charge is 0.361 e. The summed E-state index contributed by atoms with van der Waals surface area (Å²) in [6.07, 6.45) is 5.01. The Morgan fingerprint density at radius 2 is 2.00 bits per heavy atom. The van der Waals surface area contributed by atoms with E-state index in [0.717, 1.165) is 28.8 Å². The van der Waals surface area contributed by atoms with Gasteiger partial charge in [-0.15, -0.1) is 0 Å². The highest BCUT2D eigenvalue weighted by atomic mass is 35.5. The van der Waals surface area contributed by atoms with Crippen molar-refractivity contribution in [3.8, 4) is 0 Å². The Morgan fingerprint density at radius 1 is 1.30 bits per heavy atom. The van der Waals surface area contributed by atoms with Crippen LogP contribution in [0, 0.1) is 0 Å². The van der Waals surface area contributed by atoms with Gasteiger partial charge in [0.05, 0.1) is 6.26 Å². The summed E-state index contributed by atoms with van der Waals surface area (Å²) in [6.45, 7) is 1.19. The molecule has 3 rings (SSSR count). The SMILES string of the molecule is CS(=O)(=O)N1CCC(c2c[nH]c3ccc(Cl)cc23)CC1. The molecular formula is C14H17ClN2O2S. The molecule has 1 fully saturated rings. The summed E-state index contributed by atoms with van der Waals surface area (Å²) in [5, 5.41) is 1.88. The quantitative estimate of drug-likeness (QED) is 0.927. The molecule has 1 aliphatic rings. The van der Waals surface area contributed by atoms with E-state index in [1.807, 2.05) is 24.4 Å². The van der Waals surface area contributed by atoms with Gasteiger partial charge in [0, 0.05) is 35.2 Å². The van der Waals surface area contributed by atoms with Crippen LogP contribution in [0.1, 0.15) is 24.3 Å². The number of sulfonamides is 1. The lowest BCUT2D eigenvalue weighted by Gasteiger charge is -2.30. The fraction of sp³-hybridized carbons (Fsp3) is 0.429. The van der Waals surface area contributed by atoms with Crippen LogP contribution in [-0.4, -0.2) is 37.1 Å². The fourth-order valence-corrected chi connectivity index (χ4v) is 4.00. The van der Waals surface area contributed by atoms with Gasteiger partial charge in [-0.2, -0.15) is 0 Å². The van der Waals surface area contributed by atoms with Crippen LogP contribution >= 0.6 is 11.6 Å². The van der Waals surface area contributed by atoms with Gasteiger partial charge in [0.15, 0.2) is 0 Å². The molecule has 2 heterocycles. The summed E-state index contributed by atoms with van der Waals surface area (Å²) in [5.41, 5.74) is 2.32. The maximum absolute atomic E-state index is 11.5. The second-order valence-electron chi connectivity index (χ2n) is 5.37. The zero-order chi connectivity index (χ0) is 14.3. The molecule has 4 nitrogen and oxygen atoms in total. The molecule has 0 unspecified atom stereocenters. The van der Waals surface area contributed by atoms with Gasteiger partial charge in [0.25, 0.3) is 0 Å². The lowest BCUT2D eigenvalue weighted by Crippen LogP contribution is -2.37. The number of rotatable bonds is 2. The van der Waals surface area contributed by atoms with E-state index < -0.39 is 10.0 Å². The highest BCUT2D eigenvalue weighted by molar-refractivity contribution is 7.88. The van der Waals surface area contributed by atoms with Gasteiger partial charge in [-0.25, -0.2) is 12.7 Å². The zero-order valence-electron chi connectivity index (χ0n) is 11.3. The van der Waals surface area contributed by atoms with Crippen LogP contribution in [-0.2, 0) is 10.0 Å². The molecule has 0 atom stereocenters. The van der Waals surface area contributed by atoms with Gasteiger partial charge in [-0.05, 0) is 42.5 Å². The number of nitrogens with zero attached hydrogens (tertiary/aromatic N) is 1. The van der Waals surface area contributed by atoms with Gasteiger partial charge >= 0.3 is 0 Å². The predicted octanol–water partition coefficient (Wildman–Crippen LogP) is 2.96. The Bertz CT molecular complexity index is 731. The first kappa shape index (κ1) is 13.9. The molecule has 0 amide bonds. The van der Waals surface area contributed by atoms with E-state index in [4.69, 9.17) is 11.6 Å². The number of piperidine rings is 1. The van der Waals surface area contributed by atoms with Crippen LogP contribution in [0.2, 0.25) is 5.02 Å². The molecule has 1 aliphatic heterocycles. The molecule has 0 bridgehead atoms. The lowest BCUT2D eigenvalue weighted by atomic mass is 9.90. The molecule has 20 heavy (non-hydrogen) atoms. The molecule has 1 aromatic heterocycles. The van der Waals surface area contributed by atoms with Crippen molar-refractivity contribution >= 4 is 32.5 Å². The summed E-state index contributed by atoms with van der Waals surface area (Å²) in [7, 11) is -3.06. The molecule has 108 valence electrons. The van der Waals surface area contributed by atoms with E-state index in [0.29, 0.717) is 19.0 Å². The van der Waals surface area contributed by atoms with Crippen LogP contribution < -0.4 is 0 Å². The Labute approximate surface area is 123 Å². The molecule has 6 heteroatoms. The van der Waals surface area contributed by atoms with E-state index in [2.05, 4.69) is 4.98 Å². The first-order chi connectivity index (χ1) is 9.45. The monoisotopic (exact) mass is 312 g/mol. The minimum absolute atomic E-state index is 0.389. The third kappa shape index (κ3) is 2.57. The highest BCUT2D eigenvalue weighted by Gasteiger charge is 2.27. The summed E-state index contributed by atoms with van der Waals surface area (Å²) < 4.78 is 24.6. The van der Waals surface area contributed by atoms with E-state index in [1.165, 1.54) is 11.8 Å². The molecule has 1 saturated heterocycles. The normalized spacial score (nSPS) is 18.7. The van der Waals surface area contributed by atoms with Crippen LogP contribution in [0.25, 0.3) is 10.9 Å². The van der Waals surface area contributed by atoms with Gasteiger partial charge in [0.1, 0.15) is 0 Å². The average molecular weight is 313 g/mol. The fourth-order valence-electron chi connectivity index (χ4n) is 2.95. The summed E-state index contributed by atoms with van der Waals surface area (Å²) in [5.74, 6) is 0.389. The van der Waals surface area contributed by atoms with Crippen LogP contribution in [0.5, 0.6) is 0 Å². The molecule has 0 spiro atoms. The molecule has 1 N–H and O–H groups in total. The number of nitrogens with one attached hydrogen (secondary N) is 1. The Morgan fingerprint density at radius 3 is 2.65 bits per heavy atom. The molecular weight excluding hydrogens is 296 g/mol. The Hall–Kier alpha value is -1.04. The molecule has 0 aliphatic carbocycles. The van der Waals surface area contributed by atoms with Gasteiger partial charge < -0.3 is 4.98 Å².